The molecular formula is C18H19ClN2O2. The van der Waals surface area contributed by atoms with Crippen molar-refractivity contribution >= 4 is 29.2 Å². The second kappa shape index (κ2) is 7.29. The normalized spacial score (nSPS) is 10.6. The fourth-order valence-electron chi connectivity index (χ4n) is 2.31. The van der Waals surface area contributed by atoms with E-state index >= 15 is 0 Å². The molecule has 3 rings (SSSR count). The molecule has 0 aliphatic heterocycles. The van der Waals surface area contributed by atoms with Crippen LogP contribution in [-0.2, 0) is 0 Å². The molecule has 0 unspecified atom stereocenters. The van der Waals surface area contributed by atoms with Crippen LogP contribution >= 0.6 is 12.4 Å². The predicted octanol–water partition coefficient (Wildman–Crippen LogP) is 4.30. The number of hydrogen-bond acceptors (Lipinski definition) is 3. The number of carbonyl (C=O) groups is 1. The quantitative estimate of drug-likeness (QED) is 0.775. The van der Waals surface area contributed by atoms with Crippen molar-refractivity contribution in [3.05, 3.63) is 54.3 Å². The number of rotatable bonds is 4. The van der Waals surface area contributed by atoms with E-state index in [0.29, 0.717) is 29.5 Å². The molecule has 1 aromatic carbocycles. The van der Waals surface area contributed by atoms with E-state index in [-0.39, 0.29) is 18.3 Å². The van der Waals surface area contributed by atoms with E-state index in [4.69, 9.17) is 4.42 Å². The molecule has 0 saturated heterocycles. The van der Waals surface area contributed by atoms with Gasteiger partial charge in [0.2, 0.25) is 0 Å². The van der Waals surface area contributed by atoms with Crippen LogP contribution in [0.1, 0.15) is 24.2 Å². The lowest BCUT2D eigenvalue weighted by Gasteiger charge is -2.11. The summed E-state index contributed by atoms with van der Waals surface area (Å²) in [5.74, 6) is 0.977. The second-order valence-electron chi connectivity index (χ2n) is 5.65. The highest BCUT2D eigenvalue weighted by molar-refractivity contribution is 6.07. The molecule has 120 valence electrons. The van der Waals surface area contributed by atoms with Crippen molar-refractivity contribution in [1.82, 2.24) is 10.3 Å². The highest BCUT2D eigenvalue weighted by Gasteiger charge is 2.14. The number of furan rings is 1. The molecular weight excluding hydrogens is 312 g/mol. The Hall–Kier alpha value is -2.33. The van der Waals surface area contributed by atoms with E-state index < -0.39 is 0 Å². The first kappa shape index (κ1) is 17.0. The molecule has 0 saturated carbocycles. The predicted molar refractivity (Wildman–Crippen MR) is 93.9 cm³/mol. The monoisotopic (exact) mass is 330 g/mol. The van der Waals surface area contributed by atoms with E-state index in [0.717, 1.165) is 10.9 Å². The molecule has 4 nitrogen and oxygen atoms in total. The number of hydrogen-bond donors (Lipinski definition) is 1. The van der Waals surface area contributed by atoms with Crippen molar-refractivity contribution < 1.29 is 9.21 Å². The fourth-order valence-corrected chi connectivity index (χ4v) is 2.31. The molecule has 0 fully saturated rings. The molecule has 0 atom stereocenters. The van der Waals surface area contributed by atoms with Gasteiger partial charge in [-0.1, -0.05) is 32.0 Å². The van der Waals surface area contributed by atoms with Gasteiger partial charge in [-0.15, -0.1) is 12.4 Å². The van der Waals surface area contributed by atoms with Crippen LogP contribution in [0.3, 0.4) is 0 Å². The molecule has 0 radical (unpaired) electrons. The minimum absolute atomic E-state index is 0. The van der Waals surface area contributed by atoms with Crippen molar-refractivity contribution in [2.75, 3.05) is 6.54 Å². The Morgan fingerprint density at radius 2 is 2.00 bits per heavy atom. The first-order chi connectivity index (χ1) is 10.6. The summed E-state index contributed by atoms with van der Waals surface area (Å²) in [5, 5.41) is 3.81. The lowest BCUT2D eigenvalue weighted by atomic mass is 10.1. The van der Waals surface area contributed by atoms with Crippen LogP contribution in [0, 0.1) is 5.92 Å². The second-order valence-corrected chi connectivity index (χ2v) is 5.65. The van der Waals surface area contributed by atoms with Gasteiger partial charge >= 0.3 is 0 Å². The van der Waals surface area contributed by atoms with E-state index in [2.05, 4.69) is 24.1 Å². The molecule has 5 heteroatoms. The van der Waals surface area contributed by atoms with Gasteiger partial charge in [-0.3, -0.25) is 4.79 Å². The van der Waals surface area contributed by atoms with Gasteiger partial charge < -0.3 is 9.73 Å². The van der Waals surface area contributed by atoms with Crippen molar-refractivity contribution in [1.29, 1.82) is 0 Å². The standard InChI is InChI=1S/C18H18N2O2.ClH/c1-12(2)11-19-18(21)14-10-16(17-8-5-9-22-17)20-15-7-4-3-6-13(14)15;/h3-10,12H,11H2,1-2H3,(H,19,21);1H. The molecule has 23 heavy (non-hydrogen) atoms. The number of fused-ring (bicyclic) bond motifs is 1. The highest BCUT2D eigenvalue weighted by atomic mass is 35.5. The van der Waals surface area contributed by atoms with E-state index in [1.165, 1.54) is 0 Å². The largest absolute Gasteiger partial charge is 0.463 e. The molecule has 0 aliphatic rings. The third-order valence-corrected chi connectivity index (χ3v) is 3.41. The summed E-state index contributed by atoms with van der Waals surface area (Å²) in [6, 6.07) is 13.1. The summed E-state index contributed by atoms with van der Waals surface area (Å²) in [5.41, 5.74) is 2.07. The summed E-state index contributed by atoms with van der Waals surface area (Å²) in [6.45, 7) is 4.78. The van der Waals surface area contributed by atoms with Crippen molar-refractivity contribution in [3.63, 3.8) is 0 Å². The van der Waals surface area contributed by atoms with Crippen LogP contribution in [0.5, 0.6) is 0 Å². The van der Waals surface area contributed by atoms with Gasteiger partial charge in [-0.05, 0) is 30.2 Å². The fraction of sp³-hybridized carbons (Fsp3) is 0.222. The smallest absolute Gasteiger partial charge is 0.252 e. The number of nitrogens with zero attached hydrogens (tertiary/aromatic N) is 1. The number of benzene rings is 1. The van der Waals surface area contributed by atoms with Crippen LogP contribution in [0.2, 0.25) is 0 Å². The zero-order valence-corrected chi connectivity index (χ0v) is 13.9. The van der Waals surface area contributed by atoms with E-state index in [1.54, 1.807) is 12.3 Å². The molecule has 0 bridgehead atoms. The average Bonchev–Trinajstić information content (AvgIpc) is 3.06. The molecule has 3 aromatic rings. The van der Waals surface area contributed by atoms with Gasteiger partial charge in [0.25, 0.3) is 5.91 Å². The zero-order chi connectivity index (χ0) is 15.5. The summed E-state index contributed by atoms with van der Waals surface area (Å²) >= 11 is 0. The minimum Gasteiger partial charge on any atom is -0.463 e. The first-order valence-electron chi connectivity index (χ1n) is 7.37. The number of halogens is 1. The van der Waals surface area contributed by atoms with Crippen LogP contribution in [-0.4, -0.2) is 17.4 Å². The summed E-state index contributed by atoms with van der Waals surface area (Å²) in [6.07, 6.45) is 1.60. The van der Waals surface area contributed by atoms with Crippen molar-refractivity contribution in [2.24, 2.45) is 5.92 Å². The number of nitrogens with one attached hydrogen (secondary N) is 1. The van der Waals surface area contributed by atoms with Crippen molar-refractivity contribution in [2.45, 2.75) is 13.8 Å². The summed E-state index contributed by atoms with van der Waals surface area (Å²) < 4.78 is 5.41. The lowest BCUT2D eigenvalue weighted by Crippen LogP contribution is -2.27. The zero-order valence-electron chi connectivity index (χ0n) is 13.1. The number of pyridine rings is 1. The van der Waals surface area contributed by atoms with Crippen LogP contribution in [0.4, 0.5) is 0 Å². The average molecular weight is 331 g/mol. The lowest BCUT2D eigenvalue weighted by molar-refractivity contribution is 0.0950. The Morgan fingerprint density at radius 3 is 2.70 bits per heavy atom. The highest BCUT2D eigenvalue weighted by Crippen LogP contribution is 2.25. The molecule has 1 amide bonds. The SMILES string of the molecule is CC(C)CNC(=O)c1cc(-c2ccco2)nc2ccccc12.Cl. The summed E-state index contributed by atoms with van der Waals surface area (Å²) in [4.78, 5) is 17.1. The van der Waals surface area contributed by atoms with Crippen LogP contribution in [0.25, 0.3) is 22.4 Å². The van der Waals surface area contributed by atoms with Gasteiger partial charge in [-0.25, -0.2) is 4.98 Å². The number of para-hydroxylation sites is 1. The van der Waals surface area contributed by atoms with Gasteiger partial charge in [0.15, 0.2) is 5.76 Å². The maximum absolute atomic E-state index is 12.5. The number of aromatic nitrogens is 1. The molecule has 1 N–H and O–H groups in total. The molecule has 2 aromatic heterocycles. The van der Waals surface area contributed by atoms with Crippen LogP contribution < -0.4 is 5.32 Å². The van der Waals surface area contributed by atoms with Gasteiger partial charge in [0.1, 0.15) is 5.69 Å². The Morgan fingerprint density at radius 1 is 1.22 bits per heavy atom. The molecule has 0 aliphatic carbocycles. The Kier molecular flexibility index (Phi) is 5.40. The maximum atomic E-state index is 12.5. The Balaban J connectivity index is 0.00000192. The van der Waals surface area contributed by atoms with E-state index in [1.807, 2.05) is 36.4 Å². The molecule has 0 spiro atoms. The number of carbonyl (C=O) groups excluding carboxylic acids is 1. The van der Waals surface area contributed by atoms with E-state index in [9.17, 15) is 4.79 Å². The Labute approximate surface area is 141 Å². The maximum Gasteiger partial charge on any atom is 0.252 e. The first-order valence-corrected chi connectivity index (χ1v) is 7.37. The van der Waals surface area contributed by atoms with Crippen LogP contribution in [0.15, 0.2) is 53.1 Å². The number of amides is 1. The van der Waals surface area contributed by atoms with Gasteiger partial charge in [-0.2, -0.15) is 0 Å². The third-order valence-electron chi connectivity index (χ3n) is 3.41. The van der Waals surface area contributed by atoms with Gasteiger partial charge in [0.05, 0.1) is 17.3 Å². The Bertz CT molecular complexity index is 798. The minimum atomic E-state index is -0.0832. The van der Waals surface area contributed by atoms with Gasteiger partial charge in [0, 0.05) is 11.9 Å². The van der Waals surface area contributed by atoms with Crippen molar-refractivity contribution in [3.8, 4) is 11.5 Å². The molecule has 2 heterocycles. The topological polar surface area (TPSA) is 55.1 Å². The summed E-state index contributed by atoms with van der Waals surface area (Å²) in [7, 11) is 0. The third kappa shape index (κ3) is 3.71.